The maximum Gasteiger partial charge on any atom is 0.311 e. The molecule has 0 aliphatic carbocycles. The van der Waals surface area contributed by atoms with Crippen molar-refractivity contribution in [3.8, 4) is 0 Å². The van der Waals surface area contributed by atoms with E-state index in [9.17, 15) is 19.5 Å². The van der Waals surface area contributed by atoms with Crippen LogP contribution in [0.5, 0.6) is 0 Å². The third-order valence-electron chi connectivity index (χ3n) is 4.81. The molecule has 1 heterocycles. The van der Waals surface area contributed by atoms with Crippen LogP contribution in [0, 0.1) is 5.41 Å². The lowest BCUT2D eigenvalue weighted by atomic mass is 9.82. The number of hydrogen-bond donors (Lipinski definition) is 3. The SMILES string of the molecule is CCC(CC)(CNC(=O)c1ccc(CNC(=O)c2cccs2)cc1)C(=O)O. The first-order valence-electron chi connectivity index (χ1n) is 8.84. The Bertz CT molecular complexity index is 781. The largest absolute Gasteiger partial charge is 0.481 e. The Morgan fingerprint density at radius 3 is 2.19 bits per heavy atom. The second-order valence-electron chi connectivity index (χ2n) is 6.33. The van der Waals surface area contributed by atoms with Crippen molar-refractivity contribution < 1.29 is 19.5 Å². The highest BCUT2D eigenvalue weighted by atomic mass is 32.1. The molecule has 0 spiro atoms. The van der Waals surface area contributed by atoms with Crippen LogP contribution in [0.2, 0.25) is 0 Å². The number of carbonyl (C=O) groups excluding carboxylic acids is 2. The molecular formula is C20H24N2O4S. The van der Waals surface area contributed by atoms with E-state index in [0.717, 1.165) is 5.56 Å². The van der Waals surface area contributed by atoms with Crippen LogP contribution in [0.4, 0.5) is 0 Å². The molecule has 2 amide bonds. The van der Waals surface area contributed by atoms with Crippen LogP contribution in [-0.2, 0) is 11.3 Å². The number of aliphatic carboxylic acids is 1. The number of rotatable bonds is 9. The molecule has 1 aromatic carbocycles. The predicted octanol–water partition coefficient (Wildman–Crippen LogP) is 3.30. The number of thiophene rings is 1. The van der Waals surface area contributed by atoms with E-state index >= 15 is 0 Å². The van der Waals surface area contributed by atoms with Crippen LogP contribution in [0.25, 0.3) is 0 Å². The second-order valence-corrected chi connectivity index (χ2v) is 7.28. The summed E-state index contributed by atoms with van der Waals surface area (Å²) < 4.78 is 0. The summed E-state index contributed by atoms with van der Waals surface area (Å²) in [4.78, 5) is 36.4. The molecule has 7 heteroatoms. The Kier molecular flexibility index (Phi) is 7.12. The first kappa shape index (κ1) is 20.6. The van der Waals surface area contributed by atoms with Gasteiger partial charge in [-0.1, -0.05) is 32.0 Å². The fourth-order valence-electron chi connectivity index (χ4n) is 2.68. The molecule has 0 atom stereocenters. The summed E-state index contributed by atoms with van der Waals surface area (Å²) in [5.41, 5.74) is 0.384. The van der Waals surface area contributed by atoms with Gasteiger partial charge in [-0.15, -0.1) is 11.3 Å². The number of nitrogens with one attached hydrogen (secondary N) is 2. The molecule has 0 radical (unpaired) electrons. The monoisotopic (exact) mass is 388 g/mol. The van der Waals surface area contributed by atoms with E-state index in [1.807, 2.05) is 25.3 Å². The zero-order valence-corrected chi connectivity index (χ0v) is 16.3. The maximum atomic E-state index is 12.3. The number of carboxylic acids is 1. The Hall–Kier alpha value is -2.67. The van der Waals surface area contributed by atoms with Crippen LogP contribution in [0.1, 0.15) is 52.3 Å². The summed E-state index contributed by atoms with van der Waals surface area (Å²) in [6, 6.07) is 10.5. The van der Waals surface area contributed by atoms with Crippen molar-refractivity contribution in [3.05, 3.63) is 57.8 Å². The molecule has 144 valence electrons. The topological polar surface area (TPSA) is 95.5 Å². The van der Waals surface area contributed by atoms with Gasteiger partial charge in [0.05, 0.1) is 10.3 Å². The lowest BCUT2D eigenvalue weighted by molar-refractivity contribution is -0.149. The Morgan fingerprint density at radius 1 is 1.00 bits per heavy atom. The molecule has 0 aliphatic rings. The van der Waals surface area contributed by atoms with Crippen LogP contribution >= 0.6 is 11.3 Å². The highest BCUT2D eigenvalue weighted by molar-refractivity contribution is 7.12. The first-order chi connectivity index (χ1) is 12.9. The van der Waals surface area contributed by atoms with Crippen molar-refractivity contribution in [2.75, 3.05) is 6.54 Å². The van der Waals surface area contributed by atoms with Crippen LogP contribution < -0.4 is 10.6 Å². The van der Waals surface area contributed by atoms with Gasteiger partial charge in [0, 0.05) is 18.7 Å². The number of amides is 2. The maximum absolute atomic E-state index is 12.3. The quantitative estimate of drug-likeness (QED) is 0.614. The minimum absolute atomic E-state index is 0.0901. The van der Waals surface area contributed by atoms with Crippen LogP contribution in [0.15, 0.2) is 41.8 Å². The number of carbonyl (C=O) groups is 3. The van der Waals surface area contributed by atoms with E-state index < -0.39 is 11.4 Å². The molecule has 0 saturated carbocycles. The molecule has 0 saturated heterocycles. The molecular weight excluding hydrogens is 364 g/mol. The first-order valence-corrected chi connectivity index (χ1v) is 9.72. The van der Waals surface area contributed by atoms with E-state index in [2.05, 4.69) is 10.6 Å². The molecule has 27 heavy (non-hydrogen) atoms. The molecule has 0 fully saturated rings. The van der Waals surface area contributed by atoms with Crippen molar-refractivity contribution in [2.45, 2.75) is 33.2 Å². The average molecular weight is 388 g/mol. The van der Waals surface area contributed by atoms with Gasteiger partial charge in [0.15, 0.2) is 0 Å². The van der Waals surface area contributed by atoms with Crippen LogP contribution in [-0.4, -0.2) is 29.4 Å². The second kappa shape index (κ2) is 9.32. The van der Waals surface area contributed by atoms with Gasteiger partial charge in [-0.2, -0.15) is 0 Å². The molecule has 6 nitrogen and oxygen atoms in total. The van der Waals surface area contributed by atoms with Gasteiger partial charge in [0.1, 0.15) is 0 Å². The fraction of sp³-hybridized carbons (Fsp3) is 0.350. The fourth-order valence-corrected chi connectivity index (χ4v) is 3.32. The summed E-state index contributed by atoms with van der Waals surface area (Å²) in [6.45, 7) is 4.07. The smallest absolute Gasteiger partial charge is 0.311 e. The van der Waals surface area contributed by atoms with Gasteiger partial charge < -0.3 is 15.7 Å². The minimum atomic E-state index is -0.943. The van der Waals surface area contributed by atoms with Gasteiger partial charge in [-0.05, 0) is 42.0 Å². The van der Waals surface area contributed by atoms with Gasteiger partial charge >= 0.3 is 5.97 Å². The normalized spacial score (nSPS) is 11.0. The lowest BCUT2D eigenvalue weighted by Crippen LogP contribution is -2.42. The Labute approximate surface area is 162 Å². The number of carboxylic acid groups (broad SMARTS) is 1. The van der Waals surface area contributed by atoms with E-state index in [1.54, 1.807) is 30.3 Å². The summed E-state index contributed by atoms with van der Waals surface area (Å²) in [5.74, 6) is -1.34. The van der Waals surface area contributed by atoms with Crippen molar-refractivity contribution in [2.24, 2.45) is 5.41 Å². The average Bonchev–Trinajstić information content (AvgIpc) is 3.22. The predicted molar refractivity (Wildman–Crippen MR) is 105 cm³/mol. The highest BCUT2D eigenvalue weighted by Crippen LogP contribution is 2.25. The third kappa shape index (κ3) is 5.17. The Morgan fingerprint density at radius 2 is 1.67 bits per heavy atom. The van der Waals surface area contributed by atoms with E-state index in [0.29, 0.717) is 29.8 Å². The summed E-state index contributed by atoms with van der Waals surface area (Å²) >= 11 is 1.38. The number of benzene rings is 1. The van der Waals surface area contributed by atoms with Crippen molar-refractivity contribution in [1.82, 2.24) is 10.6 Å². The Balaban J connectivity index is 1.91. The van der Waals surface area contributed by atoms with Crippen LogP contribution in [0.3, 0.4) is 0 Å². The van der Waals surface area contributed by atoms with Gasteiger partial charge in [-0.25, -0.2) is 0 Å². The van der Waals surface area contributed by atoms with Gasteiger partial charge in [-0.3, -0.25) is 14.4 Å². The lowest BCUT2D eigenvalue weighted by Gasteiger charge is -2.26. The van der Waals surface area contributed by atoms with Gasteiger partial charge in [0.25, 0.3) is 11.8 Å². The zero-order chi connectivity index (χ0) is 19.9. The van der Waals surface area contributed by atoms with Crippen molar-refractivity contribution in [1.29, 1.82) is 0 Å². The molecule has 0 bridgehead atoms. The molecule has 2 aromatic rings. The van der Waals surface area contributed by atoms with Gasteiger partial charge in [0.2, 0.25) is 0 Å². The summed E-state index contributed by atoms with van der Waals surface area (Å²) in [5, 5.41) is 16.8. The molecule has 3 N–H and O–H groups in total. The standard InChI is InChI=1S/C20H24N2O4S/c1-3-20(4-2,19(25)26)13-22-17(23)15-9-7-14(8-10-15)12-21-18(24)16-6-5-11-27-16/h5-11H,3-4,12-13H2,1-2H3,(H,21,24)(H,22,23)(H,25,26). The zero-order valence-electron chi connectivity index (χ0n) is 15.5. The van der Waals surface area contributed by atoms with E-state index in [1.165, 1.54) is 11.3 Å². The summed E-state index contributed by atoms with van der Waals surface area (Å²) in [6.07, 6.45) is 0.893. The number of hydrogen-bond acceptors (Lipinski definition) is 4. The minimum Gasteiger partial charge on any atom is -0.481 e. The highest BCUT2D eigenvalue weighted by Gasteiger charge is 2.35. The molecule has 1 aromatic heterocycles. The van der Waals surface area contributed by atoms with E-state index in [-0.39, 0.29) is 18.4 Å². The molecule has 0 unspecified atom stereocenters. The van der Waals surface area contributed by atoms with Crippen molar-refractivity contribution in [3.63, 3.8) is 0 Å². The summed E-state index contributed by atoms with van der Waals surface area (Å²) in [7, 11) is 0. The molecule has 2 rings (SSSR count). The van der Waals surface area contributed by atoms with E-state index in [4.69, 9.17) is 0 Å². The van der Waals surface area contributed by atoms with Crippen molar-refractivity contribution >= 4 is 29.1 Å². The third-order valence-corrected chi connectivity index (χ3v) is 5.68. The molecule has 0 aliphatic heterocycles.